The highest BCUT2D eigenvalue weighted by atomic mass is 35.5. The molecule has 0 aromatic heterocycles. The zero-order valence-corrected chi connectivity index (χ0v) is 19.4. The van der Waals surface area contributed by atoms with E-state index in [4.69, 9.17) is 11.6 Å². The van der Waals surface area contributed by atoms with Crippen molar-refractivity contribution in [1.82, 2.24) is 15.5 Å². The molecular weight excluding hydrogens is 438 g/mol. The molecule has 1 aliphatic heterocycles. The second kappa shape index (κ2) is 10.2. The highest BCUT2D eigenvalue weighted by molar-refractivity contribution is 6.47. The number of nitrogens with zero attached hydrogens (tertiary/aromatic N) is 1. The Balaban J connectivity index is 1.35. The van der Waals surface area contributed by atoms with Crippen LogP contribution in [0, 0.1) is 0 Å². The first-order valence-corrected chi connectivity index (χ1v) is 11.8. The van der Waals surface area contributed by atoms with Crippen molar-refractivity contribution in [3.8, 4) is 0 Å². The Bertz CT molecular complexity index is 1060. The number of imide groups is 1. The molecule has 0 spiro atoms. The van der Waals surface area contributed by atoms with Crippen LogP contribution >= 0.6 is 11.6 Å². The highest BCUT2D eigenvalue weighted by Crippen LogP contribution is 2.30. The summed E-state index contributed by atoms with van der Waals surface area (Å²) in [5.74, 6) is -0.908. The Kier molecular flexibility index (Phi) is 7.14. The fourth-order valence-corrected chi connectivity index (χ4v) is 4.65. The van der Waals surface area contributed by atoms with Crippen molar-refractivity contribution in [3.05, 3.63) is 82.0 Å². The van der Waals surface area contributed by atoms with Gasteiger partial charge in [0.05, 0.1) is 6.04 Å². The molecule has 0 bridgehead atoms. The largest absolute Gasteiger partial charge is 0.375 e. The third-order valence-corrected chi connectivity index (χ3v) is 6.68. The Morgan fingerprint density at radius 2 is 1.67 bits per heavy atom. The van der Waals surface area contributed by atoms with Gasteiger partial charge in [0.15, 0.2) is 0 Å². The van der Waals surface area contributed by atoms with Crippen LogP contribution in [0.1, 0.15) is 66.6 Å². The topological polar surface area (TPSA) is 78.5 Å². The standard InChI is InChI=1S/C26H28ClN3O3/c1-17(19-8-4-2-5-9-19)29-24(31)20-14-12-18(13-15-20)16-28-23-22(27)25(32)30(26(23)33)21-10-6-3-7-11-21/h2,4-5,8-9,12-15,17,21,28H,3,6-7,10-11,16H2,1H3,(H,29,31). The predicted molar refractivity (Wildman–Crippen MR) is 127 cm³/mol. The van der Waals surface area contributed by atoms with Crippen LogP contribution in [-0.2, 0) is 16.1 Å². The van der Waals surface area contributed by atoms with E-state index in [-0.39, 0.29) is 34.6 Å². The van der Waals surface area contributed by atoms with Crippen LogP contribution < -0.4 is 10.6 Å². The molecule has 1 aliphatic carbocycles. The third-order valence-electron chi connectivity index (χ3n) is 6.33. The molecule has 2 aliphatic rings. The third kappa shape index (κ3) is 5.11. The van der Waals surface area contributed by atoms with Gasteiger partial charge in [0, 0.05) is 18.2 Å². The molecule has 1 fully saturated rings. The number of hydrogen-bond donors (Lipinski definition) is 2. The summed E-state index contributed by atoms with van der Waals surface area (Å²) in [7, 11) is 0. The number of rotatable bonds is 7. The number of amides is 3. The minimum absolute atomic E-state index is 0.0449. The first kappa shape index (κ1) is 23.1. The van der Waals surface area contributed by atoms with E-state index >= 15 is 0 Å². The Hall–Kier alpha value is -3.12. The normalized spacial score (nSPS) is 17.9. The summed E-state index contributed by atoms with van der Waals surface area (Å²) in [6.07, 6.45) is 4.85. The minimum atomic E-state index is -0.407. The van der Waals surface area contributed by atoms with Crippen LogP contribution in [0.15, 0.2) is 65.3 Å². The summed E-state index contributed by atoms with van der Waals surface area (Å²) in [5.41, 5.74) is 2.62. The zero-order chi connectivity index (χ0) is 23.4. The molecule has 6 nitrogen and oxygen atoms in total. The van der Waals surface area contributed by atoms with Gasteiger partial charge < -0.3 is 10.6 Å². The Labute approximate surface area is 199 Å². The van der Waals surface area contributed by atoms with Crippen LogP contribution in [0.25, 0.3) is 0 Å². The summed E-state index contributed by atoms with van der Waals surface area (Å²) in [6, 6.07) is 16.7. The molecule has 1 atom stereocenters. The van der Waals surface area contributed by atoms with Gasteiger partial charge in [0.2, 0.25) is 0 Å². The number of benzene rings is 2. The molecule has 7 heteroatoms. The highest BCUT2D eigenvalue weighted by Gasteiger charge is 2.41. The SMILES string of the molecule is CC(NC(=O)c1ccc(CNC2=C(Cl)C(=O)N(C3CCCCC3)C2=O)cc1)c1ccccc1. The average Bonchev–Trinajstić information content (AvgIpc) is 3.06. The zero-order valence-electron chi connectivity index (χ0n) is 18.6. The molecule has 0 saturated heterocycles. The number of carbonyl (C=O) groups is 3. The van der Waals surface area contributed by atoms with E-state index in [1.165, 1.54) is 4.90 Å². The smallest absolute Gasteiger partial charge is 0.278 e. The van der Waals surface area contributed by atoms with Crippen molar-refractivity contribution in [2.24, 2.45) is 0 Å². The molecule has 3 amide bonds. The van der Waals surface area contributed by atoms with Crippen molar-refractivity contribution in [3.63, 3.8) is 0 Å². The lowest BCUT2D eigenvalue weighted by atomic mass is 9.94. The van der Waals surface area contributed by atoms with Gasteiger partial charge in [-0.05, 0) is 43.0 Å². The van der Waals surface area contributed by atoms with Crippen molar-refractivity contribution >= 4 is 29.3 Å². The summed E-state index contributed by atoms with van der Waals surface area (Å²) in [5, 5.41) is 5.98. The maximum atomic E-state index is 12.9. The van der Waals surface area contributed by atoms with Crippen molar-refractivity contribution in [1.29, 1.82) is 0 Å². The van der Waals surface area contributed by atoms with E-state index in [0.717, 1.165) is 43.2 Å². The van der Waals surface area contributed by atoms with E-state index < -0.39 is 5.91 Å². The maximum Gasteiger partial charge on any atom is 0.278 e. The van der Waals surface area contributed by atoms with Gasteiger partial charge in [-0.25, -0.2) is 0 Å². The lowest BCUT2D eigenvalue weighted by Gasteiger charge is -2.29. The van der Waals surface area contributed by atoms with Gasteiger partial charge >= 0.3 is 0 Å². The molecule has 2 aromatic carbocycles. The fourth-order valence-electron chi connectivity index (χ4n) is 4.41. The van der Waals surface area contributed by atoms with Gasteiger partial charge in [-0.15, -0.1) is 0 Å². The second-order valence-electron chi connectivity index (χ2n) is 8.62. The monoisotopic (exact) mass is 465 g/mol. The van der Waals surface area contributed by atoms with Crippen LogP contribution in [0.2, 0.25) is 0 Å². The van der Waals surface area contributed by atoms with Gasteiger partial charge in [0.25, 0.3) is 17.7 Å². The van der Waals surface area contributed by atoms with Crippen LogP contribution in [0.3, 0.4) is 0 Å². The molecule has 1 unspecified atom stereocenters. The fraction of sp³-hybridized carbons (Fsp3) is 0.346. The lowest BCUT2D eigenvalue weighted by molar-refractivity contribution is -0.140. The molecule has 1 heterocycles. The molecule has 0 radical (unpaired) electrons. The first-order chi connectivity index (χ1) is 16.0. The van der Waals surface area contributed by atoms with Gasteiger partial charge in [-0.2, -0.15) is 0 Å². The van der Waals surface area contributed by atoms with Crippen LogP contribution in [-0.4, -0.2) is 28.7 Å². The van der Waals surface area contributed by atoms with Crippen molar-refractivity contribution in [2.45, 2.75) is 57.7 Å². The van der Waals surface area contributed by atoms with Crippen molar-refractivity contribution < 1.29 is 14.4 Å². The molecule has 172 valence electrons. The van der Waals surface area contributed by atoms with E-state index in [2.05, 4.69) is 10.6 Å². The van der Waals surface area contributed by atoms with Gasteiger partial charge in [-0.3, -0.25) is 19.3 Å². The van der Waals surface area contributed by atoms with Crippen LogP contribution in [0.5, 0.6) is 0 Å². The van der Waals surface area contributed by atoms with Crippen molar-refractivity contribution in [2.75, 3.05) is 0 Å². The van der Waals surface area contributed by atoms with E-state index in [9.17, 15) is 14.4 Å². The summed E-state index contributed by atoms with van der Waals surface area (Å²) in [6.45, 7) is 2.27. The molecule has 2 aromatic rings. The Morgan fingerprint density at radius 1 is 1.00 bits per heavy atom. The molecule has 1 saturated carbocycles. The van der Waals surface area contributed by atoms with Gasteiger partial charge in [0.1, 0.15) is 10.7 Å². The quantitative estimate of drug-likeness (QED) is 0.593. The van der Waals surface area contributed by atoms with E-state index in [1.54, 1.807) is 12.1 Å². The number of hydrogen-bond acceptors (Lipinski definition) is 4. The predicted octanol–water partition coefficient (Wildman–Crippen LogP) is 4.42. The van der Waals surface area contributed by atoms with Crippen LogP contribution in [0.4, 0.5) is 0 Å². The summed E-state index contributed by atoms with van der Waals surface area (Å²) >= 11 is 6.22. The first-order valence-electron chi connectivity index (χ1n) is 11.4. The second-order valence-corrected chi connectivity index (χ2v) is 9.00. The number of carbonyl (C=O) groups excluding carboxylic acids is 3. The Morgan fingerprint density at radius 3 is 2.33 bits per heavy atom. The lowest BCUT2D eigenvalue weighted by Crippen LogP contribution is -2.43. The average molecular weight is 466 g/mol. The summed E-state index contributed by atoms with van der Waals surface area (Å²) in [4.78, 5) is 39.3. The molecule has 4 rings (SSSR count). The van der Waals surface area contributed by atoms with E-state index in [0.29, 0.717) is 12.1 Å². The molecular formula is C26H28ClN3O3. The number of nitrogens with one attached hydrogen (secondary N) is 2. The molecule has 2 N–H and O–H groups in total. The molecule has 33 heavy (non-hydrogen) atoms. The number of halogens is 1. The summed E-state index contributed by atoms with van der Waals surface area (Å²) < 4.78 is 0. The van der Waals surface area contributed by atoms with Gasteiger partial charge in [-0.1, -0.05) is 73.3 Å². The maximum absolute atomic E-state index is 12.9. The van der Waals surface area contributed by atoms with E-state index in [1.807, 2.05) is 49.4 Å². The minimum Gasteiger partial charge on any atom is -0.375 e.